The van der Waals surface area contributed by atoms with E-state index in [0.717, 1.165) is 17.1 Å². The zero-order chi connectivity index (χ0) is 16.9. The second kappa shape index (κ2) is 7.89. The summed E-state index contributed by atoms with van der Waals surface area (Å²) in [7, 11) is 0. The molecule has 4 heteroatoms. The molecule has 0 unspecified atom stereocenters. The van der Waals surface area contributed by atoms with Gasteiger partial charge < -0.3 is 4.74 Å². The Morgan fingerprint density at radius 1 is 1.13 bits per heavy atom. The van der Waals surface area contributed by atoms with Gasteiger partial charge in [-0.3, -0.25) is 0 Å². The Balaban J connectivity index is 1.93. The number of allylic oxidation sites excluding steroid dienone is 2. The fraction of sp³-hybridized carbons (Fsp3) is 0.579. The van der Waals surface area contributed by atoms with Crippen LogP contribution in [0.15, 0.2) is 30.3 Å². The number of benzene rings is 1. The molecule has 0 saturated heterocycles. The van der Waals surface area contributed by atoms with Crippen molar-refractivity contribution in [1.29, 1.82) is 0 Å². The molecule has 1 aromatic rings. The summed E-state index contributed by atoms with van der Waals surface area (Å²) in [6, 6.07) is 6.13. The van der Waals surface area contributed by atoms with Crippen LogP contribution >= 0.6 is 0 Å². The van der Waals surface area contributed by atoms with Crippen LogP contribution in [0.3, 0.4) is 0 Å². The van der Waals surface area contributed by atoms with Crippen molar-refractivity contribution in [3.05, 3.63) is 35.9 Å². The van der Waals surface area contributed by atoms with E-state index in [4.69, 9.17) is 0 Å². The van der Waals surface area contributed by atoms with Crippen LogP contribution in [0.1, 0.15) is 57.9 Å². The zero-order valence-electron chi connectivity index (χ0n) is 13.8. The summed E-state index contributed by atoms with van der Waals surface area (Å²) in [5.41, 5.74) is 2.08. The lowest BCUT2D eigenvalue weighted by molar-refractivity contribution is -0.274. The van der Waals surface area contributed by atoms with E-state index in [1.165, 1.54) is 50.7 Å². The second-order valence-corrected chi connectivity index (χ2v) is 6.49. The van der Waals surface area contributed by atoms with Crippen molar-refractivity contribution >= 4 is 5.57 Å². The summed E-state index contributed by atoms with van der Waals surface area (Å²) >= 11 is 0. The molecule has 0 aliphatic heterocycles. The van der Waals surface area contributed by atoms with E-state index in [0.29, 0.717) is 5.92 Å². The minimum Gasteiger partial charge on any atom is -0.406 e. The Morgan fingerprint density at radius 2 is 1.74 bits per heavy atom. The SMILES string of the molecule is CCCC1CCC(C=C(C)c2ccc(OC(F)(F)F)cc2)CC1. The Bertz CT molecular complexity index is 508. The summed E-state index contributed by atoms with van der Waals surface area (Å²) in [5, 5.41) is 0. The molecule has 1 aliphatic carbocycles. The zero-order valence-corrected chi connectivity index (χ0v) is 13.8. The predicted molar refractivity (Wildman–Crippen MR) is 87.1 cm³/mol. The maximum absolute atomic E-state index is 12.2. The lowest BCUT2D eigenvalue weighted by Gasteiger charge is -2.27. The highest BCUT2D eigenvalue weighted by atomic mass is 19.4. The average Bonchev–Trinajstić information content (AvgIpc) is 2.48. The predicted octanol–water partition coefficient (Wildman–Crippen LogP) is 6.60. The third-order valence-corrected chi connectivity index (χ3v) is 4.62. The molecule has 23 heavy (non-hydrogen) atoms. The maximum atomic E-state index is 12.2. The molecule has 1 saturated carbocycles. The van der Waals surface area contributed by atoms with Crippen LogP contribution in [0.5, 0.6) is 5.75 Å². The third kappa shape index (κ3) is 5.92. The highest BCUT2D eigenvalue weighted by Gasteiger charge is 2.31. The molecular formula is C19H25F3O. The van der Waals surface area contributed by atoms with Crippen LogP contribution in [0.25, 0.3) is 5.57 Å². The van der Waals surface area contributed by atoms with Crippen molar-refractivity contribution in [1.82, 2.24) is 0 Å². The second-order valence-electron chi connectivity index (χ2n) is 6.49. The van der Waals surface area contributed by atoms with E-state index in [2.05, 4.69) is 17.7 Å². The Kier molecular flexibility index (Phi) is 6.14. The summed E-state index contributed by atoms with van der Waals surface area (Å²) in [6.45, 7) is 4.26. The van der Waals surface area contributed by atoms with Crippen molar-refractivity contribution in [3.63, 3.8) is 0 Å². The molecule has 128 valence electrons. The topological polar surface area (TPSA) is 9.23 Å². The van der Waals surface area contributed by atoms with Gasteiger partial charge in [0.2, 0.25) is 0 Å². The smallest absolute Gasteiger partial charge is 0.406 e. The molecule has 0 amide bonds. The van der Waals surface area contributed by atoms with Crippen LogP contribution in [0.2, 0.25) is 0 Å². The van der Waals surface area contributed by atoms with Gasteiger partial charge in [-0.1, -0.05) is 38.0 Å². The number of halogens is 3. The summed E-state index contributed by atoms with van der Waals surface area (Å²) in [5.74, 6) is 1.30. The number of ether oxygens (including phenoxy) is 1. The minimum absolute atomic E-state index is 0.172. The van der Waals surface area contributed by atoms with E-state index >= 15 is 0 Å². The monoisotopic (exact) mass is 326 g/mol. The van der Waals surface area contributed by atoms with E-state index < -0.39 is 6.36 Å². The van der Waals surface area contributed by atoms with Crippen LogP contribution in [0.4, 0.5) is 13.2 Å². The molecular weight excluding hydrogens is 301 g/mol. The summed E-state index contributed by atoms with van der Waals surface area (Å²) in [4.78, 5) is 0. The standard InChI is InChI=1S/C19H25F3O/c1-3-4-15-5-7-16(8-6-15)13-14(2)17-9-11-18(12-10-17)23-19(20,21)22/h9-13,15-16H,3-8H2,1-2H3. The molecule has 1 aromatic carbocycles. The van der Waals surface area contributed by atoms with Crippen molar-refractivity contribution in [2.75, 3.05) is 0 Å². The summed E-state index contributed by atoms with van der Waals surface area (Å²) in [6.07, 6.45) is 5.26. The van der Waals surface area contributed by atoms with Gasteiger partial charge in [0.25, 0.3) is 0 Å². The molecule has 0 atom stereocenters. The first-order chi connectivity index (χ1) is 10.9. The molecule has 0 aromatic heterocycles. The Hall–Kier alpha value is -1.45. The van der Waals surface area contributed by atoms with Crippen molar-refractivity contribution in [2.45, 2.75) is 58.7 Å². The van der Waals surface area contributed by atoms with Crippen molar-refractivity contribution in [3.8, 4) is 5.75 Å². The fourth-order valence-corrected chi connectivity index (χ4v) is 3.42. The fourth-order valence-electron chi connectivity index (χ4n) is 3.42. The largest absolute Gasteiger partial charge is 0.573 e. The van der Waals surface area contributed by atoms with E-state index in [9.17, 15) is 13.2 Å². The van der Waals surface area contributed by atoms with Gasteiger partial charge in [0.1, 0.15) is 5.75 Å². The van der Waals surface area contributed by atoms with Crippen LogP contribution in [0, 0.1) is 11.8 Å². The molecule has 0 N–H and O–H groups in total. The van der Waals surface area contributed by atoms with Gasteiger partial charge in [-0.15, -0.1) is 13.2 Å². The van der Waals surface area contributed by atoms with Crippen molar-refractivity contribution < 1.29 is 17.9 Å². The molecule has 0 spiro atoms. The Morgan fingerprint density at radius 3 is 2.26 bits per heavy atom. The van der Waals surface area contributed by atoms with Gasteiger partial charge in [-0.2, -0.15) is 0 Å². The molecule has 1 aliphatic rings. The molecule has 0 heterocycles. The molecule has 2 rings (SSSR count). The summed E-state index contributed by atoms with van der Waals surface area (Å²) < 4.78 is 40.4. The van der Waals surface area contributed by atoms with Gasteiger partial charge in [0.15, 0.2) is 0 Å². The molecule has 0 bridgehead atoms. The van der Waals surface area contributed by atoms with Crippen LogP contribution < -0.4 is 4.74 Å². The lowest BCUT2D eigenvalue weighted by atomic mass is 9.79. The number of hydrogen-bond donors (Lipinski definition) is 0. The van der Waals surface area contributed by atoms with Crippen molar-refractivity contribution in [2.24, 2.45) is 11.8 Å². The average molecular weight is 326 g/mol. The van der Waals surface area contributed by atoms with Gasteiger partial charge in [-0.25, -0.2) is 0 Å². The highest BCUT2D eigenvalue weighted by molar-refractivity contribution is 5.64. The normalized spacial score (nSPS) is 22.9. The lowest BCUT2D eigenvalue weighted by Crippen LogP contribution is -2.17. The number of alkyl halides is 3. The molecule has 0 radical (unpaired) electrons. The third-order valence-electron chi connectivity index (χ3n) is 4.62. The maximum Gasteiger partial charge on any atom is 0.573 e. The molecule has 1 fully saturated rings. The van der Waals surface area contributed by atoms with Gasteiger partial charge in [0, 0.05) is 0 Å². The first-order valence-corrected chi connectivity index (χ1v) is 8.42. The van der Waals surface area contributed by atoms with E-state index in [1.54, 1.807) is 12.1 Å². The van der Waals surface area contributed by atoms with Crippen LogP contribution in [-0.4, -0.2) is 6.36 Å². The minimum atomic E-state index is -4.64. The first kappa shape index (κ1) is 17.9. The van der Waals surface area contributed by atoms with E-state index in [-0.39, 0.29) is 5.75 Å². The van der Waals surface area contributed by atoms with Gasteiger partial charge in [-0.05, 0) is 67.7 Å². The van der Waals surface area contributed by atoms with E-state index in [1.807, 2.05) is 6.92 Å². The van der Waals surface area contributed by atoms with Crippen LogP contribution in [-0.2, 0) is 0 Å². The number of hydrogen-bond acceptors (Lipinski definition) is 1. The number of rotatable bonds is 5. The quantitative estimate of drug-likeness (QED) is 0.592. The Labute approximate surface area is 136 Å². The first-order valence-electron chi connectivity index (χ1n) is 8.42. The van der Waals surface area contributed by atoms with Gasteiger partial charge >= 0.3 is 6.36 Å². The van der Waals surface area contributed by atoms with Gasteiger partial charge in [0.05, 0.1) is 0 Å². The molecule has 1 nitrogen and oxygen atoms in total. The highest BCUT2D eigenvalue weighted by Crippen LogP contribution is 2.34.